The van der Waals surface area contributed by atoms with Crippen molar-refractivity contribution in [2.75, 3.05) is 0 Å². The van der Waals surface area contributed by atoms with Gasteiger partial charge in [-0.1, -0.05) is 47.7 Å². The van der Waals surface area contributed by atoms with Crippen molar-refractivity contribution in [1.82, 2.24) is 9.38 Å². The highest BCUT2D eigenvalue weighted by atomic mass is 32.1. The van der Waals surface area contributed by atoms with Crippen molar-refractivity contribution in [2.45, 2.75) is 0 Å². The number of hydrogen-bond donors (Lipinski definition) is 0. The molecule has 0 aliphatic rings. The molecule has 0 spiro atoms. The van der Waals surface area contributed by atoms with Crippen LogP contribution >= 0.6 is 11.3 Å². The fourth-order valence-electron chi connectivity index (χ4n) is 2.32. The summed E-state index contributed by atoms with van der Waals surface area (Å²) in [7, 11) is 0. The van der Waals surface area contributed by atoms with Crippen molar-refractivity contribution in [3.8, 4) is 11.3 Å². The van der Waals surface area contributed by atoms with Crippen LogP contribution in [0, 0.1) is 0 Å². The van der Waals surface area contributed by atoms with Crippen LogP contribution in [0.4, 0.5) is 0 Å². The molecule has 2 heterocycles. The van der Waals surface area contributed by atoms with E-state index in [1.54, 1.807) is 11.3 Å². The molecule has 0 N–H and O–H groups in total. The van der Waals surface area contributed by atoms with Crippen LogP contribution in [0.3, 0.4) is 0 Å². The van der Waals surface area contributed by atoms with E-state index in [0.717, 1.165) is 22.5 Å². The molecule has 0 amide bonds. The van der Waals surface area contributed by atoms with Crippen LogP contribution in [0.1, 0.15) is 10.4 Å². The van der Waals surface area contributed by atoms with Crippen LogP contribution in [0.15, 0.2) is 54.7 Å². The second-order valence-electron chi connectivity index (χ2n) is 4.59. The lowest BCUT2D eigenvalue weighted by atomic mass is 10.1. The van der Waals surface area contributed by atoms with Gasteiger partial charge in [0.15, 0.2) is 4.96 Å². The summed E-state index contributed by atoms with van der Waals surface area (Å²) in [4.78, 5) is 16.3. The molecule has 20 heavy (non-hydrogen) atoms. The van der Waals surface area contributed by atoms with Gasteiger partial charge in [0, 0.05) is 17.3 Å². The molecular weight excluding hydrogens is 268 g/mol. The molecule has 96 valence electrons. The SMILES string of the molecule is O=Cc1ccc(-c2cn3c(n2)sc2ccccc23)cc1. The normalized spacial score (nSPS) is 11.2. The largest absolute Gasteiger partial charge is 0.298 e. The Balaban J connectivity index is 1.89. The molecule has 0 aliphatic heterocycles. The van der Waals surface area contributed by atoms with Crippen molar-refractivity contribution < 1.29 is 4.79 Å². The maximum Gasteiger partial charge on any atom is 0.195 e. The zero-order chi connectivity index (χ0) is 13.5. The number of nitrogens with zero attached hydrogens (tertiary/aromatic N) is 2. The summed E-state index contributed by atoms with van der Waals surface area (Å²) in [5.41, 5.74) is 3.81. The smallest absolute Gasteiger partial charge is 0.195 e. The minimum absolute atomic E-state index is 0.681. The minimum Gasteiger partial charge on any atom is -0.298 e. The summed E-state index contributed by atoms with van der Waals surface area (Å²) >= 11 is 1.68. The third-order valence-corrected chi connectivity index (χ3v) is 4.38. The highest BCUT2D eigenvalue weighted by molar-refractivity contribution is 7.23. The van der Waals surface area contributed by atoms with E-state index >= 15 is 0 Å². The van der Waals surface area contributed by atoms with Crippen LogP contribution in [0.25, 0.3) is 26.4 Å². The molecule has 0 radical (unpaired) electrons. The first-order valence-corrected chi connectivity index (χ1v) is 7.09. The molecule has 0 atom stereocenters. The van der Waals surface area contributed by atoms with Crippen molar-refractivity contribution in [2.24, 2.45) is 0 Å². The van der Waals surface area contributed by atoms with Crippen molar-refractivity contribution >= 4 is 32.8 Å². The van der Waals surface area contributed by atoms with Crippen LogP contribution < -0.4 is 0 Å². The molecule has 3 nitrogen and oxygen atoms in total. The average Bonchev–Trinajstić information content (AvgIpc) is 3.05. The highest BCUT2D eigenvalue weighted by Gasteiger charge is 2.09. The number of para-hydroxylation sites is 1. The molecular formula is C16H10N2OS. The monoisotopic (exact) mass is 278 g/mol. The predicted octanol–water partition coefficient (Wildman–Crippen LogP) is 4.03. The van der Waals surface area contributed by atoms with Crippen LogP contribution in [-0.4, -0.2) is 15.7 Å². The van der Waals surface area contributed by atoms with Gasteiger partial charge < -0.3 is 0 Å². The van der Waals surface area contributed by atoms with Crippen molar-refractivity contribution in [1.29, 1.82) is 0 Å². The number of imidazole rings is 1. The number of thiazole rings is 1. The lowest BCUT2D eigenvalue weighted by Gasteiger charge is -1.96. The van der Waals surface area contributed by atoms with E-state index in [1.165, 1.54) is 10.2 Å². The fraction of sp³-hybridized carbons (Fsp3) is 0. The van der Waals surface area contributed by atoms with Gasteiger partial charge in [0.1, 0.15) is 6.29 Å². The van der Waals surface area contributed by atoms with Crippen molar-refractivity contribution in [3.63, 3.8) is 0 Å². The van der Waals surface area contributed by atoms with Crippen LogP contribution in [0.2, 0.25) is 0 Å². The maximum absolute atomic E-state index is 10.7. The summed E-state index contributed by atoms with van der Waals surface area (Å²) in [6.07, 6.45) is 2.90. The van der Waals surface area contributed by atoms with Gasteiger partial charge in [-0.25, -0.2) is 4.98 Å². The fourth-order valence-corrected chi connectivity index (χ4v) is 3.33. The van der Waals surface area contributed by atoms with E-state index in [4.69, 9.17) is 0 Å². The summed E-state index contributed by atoms with van der Waals surface area (Å²) in [6, 6.07) is 15.8. The third kappa shape index (κ3) is 1.66. The van der Waals surface area contributed by atoms with Crippen LogP contribution in [-0.2, 0) is 0 Å². The van der Waals surface area contributed by atoms with Crippen LogP contribution in [0.5, 0.6) is 0 Å². The number of carbonyl (C=O) groups is 1. The van der Waals surface area contributed by atoms with E-state index in [2.05, 4.69) is 21.5 Å². The maximum atomic E-state index is 10.7. The molecule has 0 saturated heterocycles. The zero-order valence-corrected chi connectivity index (χ0v) is 11.3. The first kappa shape index (κ1) is 11.4. The van der Waals surface area contributed by atoms with Gasteiger partial charge in [0.2, 0.25) is 0 Å². The Morgan fingerprint density at radius 2 is 1.85 bits per heavy atom. The number of hydrogen-bond acceptors (Lipinski definition) is 3. The lowest BCUT2D eigenvalue weighted by molar-refractivity contribution is 0.112. The molecule has 0 saturated carbocycles. The topological polar surface area (TPSA) is 34.4 Å². The molecule has 0 fully saturated rings. The van der Waals surface area contributed by atoms with E-state index in [-0.39, 0.29) is 0 Å². The third-order valence-electron chi connectivity index (χ3n) is 3.34. The Morgan fingerprint density at radius 3 is 2.65 bits per heavy atom. The first-order chi connectivity index (χ1) is 9.85. The molecule has 0 bridgehead atoms. The molecule has 4 rings (SSSR count). The molecule has 0 aliphatic carbocycles. The first-order valence-electron chi connectivity index (χ1n) is 6.27. The number of aromatic nitrogens is 2. The van der Waals surface area contributed by atoms with E-state index < -0.39 is 0 Å². The molecule has 0 unspecified atom stereocenters. The number of carbonyl (C=O) groups excluding carboxylic acids is 1. The Labute approximate surface area is 119 Å². The zero-order valence-electron chi connectivity index (χ0n) is 10.5. The molecule has 2 aromatic carbocycles. The number of rotatable bonds is 2. The number of benzene rings is 2. The van der Waals surface area contributed by atoms with Gasteiger partial charge in [-0.3, -0.25) is 9.20 Å². The Hall–Kier alpha value is -2.46. The second kappa shape index (κ2) is 4.28. The quantitative estimate of drug-likeness (QED) is 0.519. The van der Waals surface area contributed by atoms with Gasteiger partial charge in [-0.2, -0.15) is 0 Å². The average molecular weight is 278 g/mol. The minimum atomic E-state index is 0.681. The summed E-state index contributed by atoms with van der Waals surface area (Å²) in [6.45, 7) is 0. The second-order valence-corrected chi connectivity index (χ2v) is 5.60. The van der Waals surface area contributed by atoms with Crippen molar-refractivity contribution in [3.05, 3.63) is 60.3 Å². The molecule has 4 heteroatoms. The van der Waals surface area contributed by atoms with E-state index in [0.29, 0.717) is 5.56 Å². The Morgan fingerprint density at radius 1 is 1.05 bits per heavy atom. The highest BCUT2D eigenvalue weighted by Crippen LogP contribution is 2.29. The predicted molar refractivity (Wildman–Crippen MR) is 81.4 cm³/mol. The van der Waals surface area contributed by atoms with E-state index in [1.807, 2.05) is 42.6 Å². The molecule has 2 aromatic heterocycles. The molecule has 4 aromatic rings. The number of aldehydes is 1. The summed E-state index contributed by atoms with van der Waals surface area (Å²) in [5.74, 6) is 0. The number of fused-ring (bicyclic) bond motifs is 3. The van der Waals surface area contributed by atoms with Gasteiger partial charge >= 0.3 is 0 Å². The summed E-state index contributed by atoms with van der Waals surface area (Å²) in [5, 5.41) is 0. The summed E-state index contributed by atoms with van der Waals surface area (Å²) < 4.78 is 3.35. The van der Waals surface area contributed by atoms with Gasteiger partial charge in [0.05, 0.1) is 15.9 Å². The van der Waals surface area contributed by atoms with Gasteiger partial charge in [-0.15, -0.1) is 0 Å². The van der Waals surface area contributed by atoms with Gasteiger partial charge in [0.25, 0.3) is 0 Å². The lowest BCUT2D eigenvalue weighted by Crippen LogP contribution is -1.81. The standard InChI is InChI=1S/C16H10N2OS/c19-10-11-5-7-12(8-6-11)13-9-18-14-3-1-2-4-15(14)20-16(18)17-13/h1-10H. The van der Waals surface area contributed by atoms with E-state index in [9.17, 15) is 4.79 Å². The Kier molecular flexibility index (Phi) is 2.44. The van der Waals surface area contributed by atoms with Gasteiger partial charge in [-0.05, 0) is 12.1 Å². The Bertz CT molecular complexity index is 919.